The van der Waals surface area contributed by atoms with Crippen LogP contribution in [0.5, 0.6) is 0 Å². The Morgan fingerprint density at radius 3 is 2.14 bits per heavy atom. The van der Waals surface area contributed by atoms with Crippen LogP contribution in [-0.4, -0.2) is 18.6 Å². The number of rotatable bonds is 8. The van der Waals surface area contributed by atoms with Crippen molar-refractivity contribution >= 4 is 11.6 Å². The molecule has 0 amide bonds. The third-order valence-electron chi connectivity index (χ3n) is 2.56. The molecule has 0 aromatic carbocycles. The highest BCUT2D eigenvalue weighted by atomic mass is 35.5. The van der Waals surface area contributed by atoms with Crippen LogP contribution in [0.3, 0.4) is 0 Å². The first-order valence-corrected chi connectivity index (χ1v) is 6.23. The topological polar surface area (TPSA) is 9.23 Å². The fraction of sp³-hybridized carbons (Fsp3) is 1.00. The number of ether oxygens (including phenoxy) is 1. The molecule has 0 rings (SSSR count). The lowest BCUT2D eigenvalue weighted by molar-refractivity contribution is 0.111. The lowest BCUT2D eigenvalue weighted by Gasteiger charge is -2.16. The highest BCUT2D eigenvalue weighted by Gasteiger charge is 2.11. The molecule has 1 nitrogen and oxygen atoms in total. The van der Waals surface area contributed by atoms with E-state index in [-0.39, 0.29) is 0 Å². The Hall–Kier alpha value is 0.250. The second-order valence-corrected chi connectivity index (χ2v) is 5.05. The van der Waals surface area contributed by atoms with Crippen molar-refractivity contribution < 1.29 is 4.74 Å². The van der Waals surface area contributed by atoms with Gasteiger partial charge in [0, 0.05) is 18.6 Å². The van der Waals surface area contributed by atoms with E-state index in [1.54, 1.807) is 0 Å². The summed E-state index contributed by atoms with van der Waals surface area (Å²) >= 11 is 6.12. The summed E-state index contributed by atoms with van der Waals surface area (Å²) in [5.41, 5.74) is 0. The molecule has 0 aromatic heterocycles. The van der Waals surface area contributed by atoms with Crippen LogP contribution in [0, 0.1) is 11.8 Å². The largest absolute Gasteiger partial charge is 0.381 e. The summed E-state index contributed by atoms with van der Waals surface area (Å²) < 4.78 is 5.55. The second kappa shape index (κ2) is 8.55. The van der Waals surface area contributed by atoms with Gasteiger partial charge in [-0.1, -0.05) is 27.7 Å². The van der Waals surface area contributed by atoms with Crippen molar-refractivity contribution in [3.63, 3.8) is 0 Å². The van der Waals surface area contributed by atoms with E-state index < -0.39 is 0 Å². The zero-order valence-corrected chi connectivity index (χ0v) is 10.8. The Morgan fingerprint density at radius 2 is 1.64 bits per heavy atom. The molecule has 0 heterocycles. The van der Waals surface area contributed by atoms with Crippen LogP contribution in [0.25, 0.3) is 0 Å². The molecule has 14 heavy (non-hydrogen) atoms. The van der Waals surface area contributed by atoms with E-state index in [4.69, 9.17) is 16.3 Å². The fourth-order valence-electron chi connectivity index (χ4n) is 1.27. The van der Waals surface area contributed by atoms with Crippen molar-refractivity contribution in [2.75, 3.05) is 13.2 Å². The van der Waals surface area contributed by atoms with Crippen LogP contribution in [0.4, 0.5) is 0 Å². The zero-order valence-electron chi connectivity index (χ0n) is 10.1. The van der Waals surface area contributed by atoms with Gasteiger partial charge in [-0.25, -0.2) is 0 Å². The molecule has 0 aromatic rings. The van der Waals surface area contributed by atoms with Crippen LogP contribution in [0.1, 0.15) is 47.0 Å². The Labute approximate surface area is 94.2 Å². The predicted octanol–water partition coefficient (Wildman–Crippen LogP) is 4.09. The quantitative estimate of drug-likeness (QED) is 0.442. The van der Waals surface area contributed by atoms with Gasteiger partial charge in [0.25, 0.3) is 0 Å². The van der Waals surface area contributed by atoms with E-state index in [0.717, 1.165) is 38.4 Å². The van der Waals surface area contributed by atoms with E-state index in [9.17, 15) is 0 Å². The summed E-state index contributed by atoms with van der Waals surface area (Å²) in [6, 6.07) is 0. The Morgan fingerprint density at radius 1 is 1.07 bits per heavy atom. The lowest BCUT2D eigenvalue weighted by Crippen LogP contribution is -2.13. The Kier molecular flexibility index (Phi) is 8.70. The standard InChI is InChI=1S/C12H25ClO/c1-5-12(13)11(4)7-9-14-8-6-10(2)3/h10-12H,5-9H2,1-4H3. The number of hydrogen-bond donors (Lipinski definition) is 0. The molecule has 0 N–H and O–H groups in total. The normalized spacial score (nSPS) is 15.9. The van der Waals surface area contributed by atoms with Crippen molar-refractivity contribution in [1.82, 2.24) is 0 Å². The van der Waals surface area contributed by atoms with Gasteiger partial charge in [0.15, 0.2) is 0 Å². The summed E-state index contributed by atoms with van der Waals surface area (Å²) in [6.45, 7) is 10.5. The minimum Gasteiger partial charge on any atom is -0.381 e. The van der Waals surface area contributed by atoms with Crippen molar-refractivity contribution in [2.24, 2.45) is 11.8 Å². The molecule has 0 radical (unpaired) electrons. The third kappa shape index (κ3) is 7.64. The van der Waals surface area contributed by atoms with E-state index in [2.05, 4.69) is 27.7 Å². The highest BCUT2D eigenvalue weighted by Crippen LogP contribution is 2.17. The van der Waals surface area contributed by atoms with Gasteiger partial charge in [-0.2, -0.15) is 0 Å². The number of hydrogen-bond acceptors (Lipinski definition) is 1. The van der Waals surface area contributed by atoms with Gasteiger partial charge in [0.1, 0.15) is 0 Å². The molecule has 2 heteroatoms. The summed E-state index contributed by atoms with van der Waals surface area (Å²) in [5.74, 6) is 1.31. The third-order valence-corrected chi connectivity index (χ3v) is 3.30. The van der Waals surface area contributed by atoms with Gasteiger partial charge in [-0.3, -0.25) is 0 Å². The average Bonchev–Trinajstić information content (AvgIpc) is 2.15. The molecule has 2 unspecified atom stereocenters. The van der Waals surface area contributed by atoms with E-state index >= 15 is 0 Å². The molecular formula is C12H25ClO. The minimum absolute atomic E-state index is 0.309. The Bertz CT molecular complexity index is 125. The minimum atomic E-state index is 0.309. The zero-order chi connectivity index (χ0) is 11.0. The summed E-state index contributed by atoms with van der Waals surface area (Å²) in [4.78, 5) is 0. The number of alkyl halides is 1. The van der Waals surface area contributed by atoms with Gasteiger partial charge in [-0.05, 0) is 31.1 Å². The predicted molar refractivity (Wildman–Crippen MR) is 64.0 cm³/mol. The molecule has 0 aliphatic heterocycles. The highest BCUT2D eigenvalue weighted by molar-refractivity contribution is 6.20. The van der Waals surface area contributed by atoms with Crippen LogP contribution < -0.4 is 0 Å². The van der Waals surface area contributed by atoms with Crippen molar-refractivity contribution in [2.45, 2.75) is 52.3 Å². The van der Waals surface area contributed by atoms with Crippen molar-refractivity contribution in [1.29, 1.82) is 0 Å². The first-order chi connectivity index (χ1) is 6.57. The molecule has 0 aliphatic rings. The van der Waals surface area contributed by atoms with Gasteiger partial charge < -0.3 is 4.74 Å². The first-order valence-electron chi connectivity index (χ1n) is 5.79. The molecule has 0 saturated carbocycles. The van der Waals surface area contributed by atoms with E-state index in [0.29, 0.717) is 11.3 Å². The fourth-order valence-corrected chi connectivity index (χ4v) is 1.40. The molecule has 0 aliphatic carbocycles. The monoisotopic (exact) mass is 220 g/mol. The summed E-state index contributed by atoms with van der Waals surface area (Å²) in [7, 11) is 0. The van der Waals surface area contributed by atoms with Crippen molar-refractivity contribution in [3.05, 3.63) is 0 Å². The Balaban J connectivity index is 3.27. The second-order valence-electron chi connectivity index (χ2n) is 4.49. The molecule has 0 spiro atoms. The van der Waals surface area contributed by atoms with Crippen LogP contribution in [-0.2, 0) is 4.74 Å². The van der Waals surface area contributed by atoms with Crippen LogP contribution in [0.15, 0.2) is 0 Å². The van der Waals surface area contributed by atoms with E-state index in [1.807, 2.05) is 0 Å². The average molecular weight is 221 g/mol. The lowest BCUT2D eigenvalue weighted by atomic mass is 10.0. The van der Waals surface area contributed by atoms with Gasteiger partial charge in [0.05, 0.1) is 0 Å². The maximum Gasteiger partial charge on any atom is 0.0469 e. The smallest absolute Gasteiger partial charge is 0.0469 e. The molecule has 0 saturated heterocycles. The van der Waals surface area contributed by atoms with Crippen LogP contribution in [0.2, 0.25) is 0 Å². The SMILES string of the molecule is CCC(Cl)C(C)CCOCCC(C)C. The van der Waals surface area contributed by atoms with Gasteiger partial charge in [-0.15, -0.1) is 11.6 Å². The molecular weight excluding hydrogens is 196 g/mol. The molecule has 0 fully saturated rings. The van der Waals surface area contributed by atoms with Crippen molar-refractivity contribution in [3.8, 4) is 0 Å². The van der Waals surface area contributed by atoms with Crippen LogP contribution >= 0.6 is 11.6 Å². The maximum atomic E-state index is 6.12. The van der Waals surface area contributed by atoms with E-state index in [1.165, 1.54) is 0 Å². The molecule has 86 valence electrons. The first kappa shape index (κ1) is 14.2. The molecule has 2 atom stereocenters. The maximum absolute atomic E-state index is 6.12. The van der Waals surface area contributed by atoms with Gasteiger partial charge in [0.2, 0.25) is 0 Å². The summed E-state index contributed by atoms with van der Waals surface area (Å²) in [6.07, 6.45) is 3.29. The molecule has 0 bridgehead atoms. The summed E-state index contributed by atoms with van der Waals surface area (Å²) in [5, 5.41) is 0.309. The number of halogens is 1. The van der Waals surface area contributed by atoms with Gasteiger partial charge >= 0.3 is 0 Å².